The summed E-state index contributed by atoms with van der Waals surface area (Å²) in [5, 5.41) is 5.82. The number of anilines is 2. The summed E-state index contributed by atoms with van der Waals surface area (Å²) in [4.78, 5) is 40.6. The Hall–Kier alpha value is -2.83. The van der Waals surface area contributed by atoms with Crippen LogP contribution in [0.3, 0.4) is 0 Å². The van der Waals surface area contributed by atoms with Crippen LogP contribution >= 0.6 is 0 Å². The summed E-state index contributed by atoms with van der Waals surface area (Å²) in [6.07, 6.45) is 6.24. The van der Waals surface area contributed by atoms with Gasteiger partial charge in [0, 0.05) is 43.5 Å². The minimum Gasteiger partial charge on any atom is -0.339 e. The summed E-state index contributed by atoms with van der Waals surface area (Å²) in [5.41, 5.74) is 1.54. The van der Waals surface area contributed by atoms with E-state index in [-0.39, 0.29) is 29.2 Å². The van der Waals surface area contributed by atoms with Crippen LogP contribution in [-0.4, -0.2) is 48.9 Å². The van der Waals surface area contributed by atoms with Crippen LogP contribution in [0.5, 0.6) is 0 Å². The Bertz CT molecular complexity index is 871. The maximum absolute atomic E-state index is 12.8. The Balaban J connectivity index is 1.31. The molecule has 3 aliphatic rings. The van der Waals surface area contributed by atoms with E-state index in [1.54, 1.807) is 11.0 Å². The Morgan fingerprint density at radius 3 is 2.67 bits per heavy atom. The second-order valence-corrected chi connectivity index (χ2v) is 8.97. The molecule has 30 heavy (non-hydrogen) atoms. The minimum absolute atomic E-state index is 0.000278. The number of rotatable bonds is 5. The van der Waals surface area contributed by atoms with Crippen molar-refractivity contribution in [2.45, 2.75) is 33.1 Å². The average molecular weight is 411 g/mol. The van der Waals surface area contributed by atoms with Gasteiger partial charge >= 0.3 is 6.03 Å². The number of nitrogens with zero attached hydrogens (tertiary/aromatic N) is 2. The lowest BCUT2D eigenvalue weighted by Crippen LogP contribution is -2.39. The molecule has 1 aromatic carbocycles. The second-order valence-electron chi connectivity index (χ2n) is 8.97. The van der Waals surface area contributed by atoms with Gasteiger partial charge in [-0.25, -0.2) is 4.79 Å². The molecule has 4 amide bonds. The van der Waals surface area contributed by atoms with Crippen LogP contribution in [0.4, 0.5) is 16.2 Å². The number of nitrogens with one attached hydrogen (secondary N) is 2. The van der Waals surface area contributed by atoms with Crippen LogP contribution in [0.1, 0.15) is 33.1 Å². The van der Waals surface area contributed by atoms with Gasteiger partial charge in [-0.1, -0.05) is 26.0 Å². The molecule has 7 heteroatoms. The Morgan fingerprint density at radius 1 is 1.23 bits per heavy atom. The fourth-order valence-electron chi connectivity index (χ4n) is 4.52. The van der Waals surface area contributed by atoms with Crippen molar-refractivity contribution in [1.82, 2.24) is 10.2 Å². The average Bonchev–Trinajstić information content (AvgIpc) is 3.25. The van der Waals surface area contributed by atoms with E-state index in [0.717, 1.165) is 24.9 Å². The summed E-state index contributed by atoms with van der Waals surface area (Å²) in [7, 11) is 0. The lowest BCUT2D eigenvalue weighted by molar-refractivity contribution is -0.127. The van der Waals surface area contributed by atoms with E-state index < -0.39 is 0 Å². The van der Waals surface area contributed by atoms with E-state index in [2.05, 4.69) is 24.5 Å². The molecule has 0 radical (unpaired) electrons. The number of piperidine rings is 1. The molecule has 2 saturated heterocycles. The van der Waals surface area contributed by atoms with Crippen LogP contribution in [0.15, 0.2) is 36.4 Å². The number of urea groups is 1. The maximum atomic E-state index is 12.8. The molecular weight excluding hydrogens is 380 g/mol. The number of hydrogen-bond donors (Lipinski definition) is 2. The predicted molar refractivity (Wildman–Crippen MR) is 116 cm³/mol. The zero-order valence-corrected chi connectivity index (χ0v) is 17.7. The summed E-state index contributed by atoms with van der Waals surface area (Å²) in [6, 6.07) is 7.32. The molecule has 1 unspecified atom stereocenters. The van der Waals surface area contributed by atoms with Crippen LogP contribution in [0, 0.1) is 17.3 Å². The maximum Gasteiger partial charge on any atom is 0.321 e. The first-order chi connectivity index (χ1) is 14.4. The van der Waals surface area contributed by atoms with E-state index in [9.17, 15) is 14.4 Å². The molecule has 1 spiro atoms. The van der Waals surface area contributed by atoms with Crippen molar-refractivity contribution >= 4 is 29.2 Å². The zero-order chi connectivity index (χ0) is 21.3. The first-order valence-corrected chi connectivity index (χ1v) is 10.8. The normalized spacial score (nSPS) is 22.6. The number of carbonyl (C=O) groups is 3. The summed E-state index contributed by atoms with van der Waals surface area (Å²) in [6.45, 7) is 6.79. The topological polar surface area (TPSA) is 81.8 Å². The third-order valence-electron chi connectivity index (χ3n) is 6.48. The standard InChI is InChI=1S/C23H30N4O3/c1-16(2)6-7-20(28)26-11-8-23(9-12-26)15-19(23)21(29)25-17-4-3-5-18(14-17)27-13-10-24-22(27)30/h3-7,14,16,19H,8-13,15H2,1-2H3,(H,24,30)(H,25,29). The highest BCUT2D eigenvalue weighted by molar-refractivity contribution is 5.97. The van der Waals surface area contributed by atoms with Crippen LogP contribution in [-0.2, 0) is 9.59 Å². The molecule has 4 rings (SSSR count). The SMILES string of the molecule is CC(C)C=CC(=O)N1CCC2(CC1)CC2C(=O)Nc1cccc(N2CCNC2=O)c1. The molecular formula is C23H30N4O3. The van der Waals surface area contributed by atoms with E-state index >= 15 is 0 Å². The van der Waals surface area contributed by atoms with E-state index in [1.807, 2.05) is 35.2 Å². The second kappa shape index (κ2) is 8.13. The molecule has 0 bridgehead atoms. The van der Waals surface area contributed by atoms with Gasteiger partial charge in [0.1, 0.15) is 0 Å². The van der Waals surface area contributed by atoms with E-state index in [4.69, 9.17) is 0 Å². The van der Waals surface area contributed by atoms with Crippen molar-refractivity contribution in [1.29, 1.82) is 0 Å². The van der Waals surface area contributed by atoms with Crippen molar-refractivity contribution in [2.75, 3.05) is 36.4 Å². The summed E-state index contributed by atoms with van der Waals surface area (Å²) >= 11 is 0. The first kappa shape index (κ1) is 20.4. The van der Waals surface area contributed by atoms with Gasteiger partial charge in [-0.2, -0.15) is 0 Å². The zero-order valence-electron chi connectivity index (χ0n) is 17.7. The Kier molecular flexibility index (Phi) is 5.54. The van der Waals surface area contributed by atoms with Gasteiger partial charge in [0.15, 0.2) is 0 Å². The van der Waals surface area contributed by atoms with Crippen molar-refractivity contribution in [3.05, 3.63) is 36.4 Å². The Labute approximate surface area is 177 Å². The summed E-state index contributed by atoms with van der Waals surface area (Å²) in [5.74, 6) is 0.472. The lowest BCUT2D eigenvalue weighted by atomic mass is 9.90. The molecule has 2 N–H and O–H groups in total. The number of benzene rings is 1. The third kappa shape index (κ3) is 4.20. The number of hydrogen-bond acceptors (Lipinski definition) is 3. The van der Waals surface area contributed by atoms with Gasteiger partial charge in [-0.05, 0) is 54.9 Å². The minimum atomic E-state index is -0.107. The third-order valence-corrected chi connectivity index (χ3v) is 6.48. The number of allylic oxidation sites excluding steroid dienone is 1. The van der Waals surface area contributed by atoms with Gasteiger partial charge in [-0.3, -0.25) is 14.5 Å². The van der Waals surface area contributed by atoms with Crippen LogP contribution < -0.4 is 15.5 Å². The fourth-order valence-corrected chi connectivity index (χ4v) is 4.52. The fraction of sp³-hybridized carbons (Fsp3) is 0.522. The highest BCUT2D eigenvalue weighted by Gasteiger charge is 2.58. The van der Waals surface area contributed by atoms with Crippen molar-refractivity contribution in [3.63, 3.8) is 0 Å². The van der Waals surface area contributed by atoms with Gasteiger partial charge in [0.25, 0.3) is 0 Å². The van der Waals surface area contributed by atoms with Crippen molar-refractivity contribution in [2.24, 2.45) is 17.3 Å². The van der Waals surface area contributed by atoms with Crippen LogP contribution in [0.2, 0.25) is 0 Å². The molecule has 1 saturated carbocycles. The number of likely N-dealkylation sites (tertiary alicyclic amines) is 1. The largest absolute Gasteiger partial charge is 0.339 e. The highest BCUT2D eigenvalue weighted by atomic mass is 16.2. The monoisotopic (exact) mass is 410 g/mol. The Morgan fingerprint density at radius 2 is 2.00 bits per heavy atom. The van der Waals surface area contributed by atoms with Gasteiger partial charge in [-0.15, -0.1) is 0 Å². The molecule has 3 fully saturated rings. The molecule has 160 valence electrons. The van der Waals surface area contributed by atoms with Crippen molar-refractivity contribution < 1.29 is 14.4 Å². The molecule has 1 atom stereocenters. The predicted octanol–water partition coefficient (Wildman–Crippen LogP) is 3.00. The molecule has 7 nitrogen and oxygen atoms in total. The number of carbonyl (C=O) groups excluding carboxylic acids is 3. The smallest absolute Gasteiger partial charge is 0.321 e. The highest BCUT2D eigenvalue weighted by Crippen LogP contribution is 2.59. The van der Waals surface area contributed by atoms with Crippen LogP contribution in [0.25, 0.3) is 0 Å². The van der Waals surface area contributed by atoms with Crippen molar-refractivity contribution in [3.8, 4) is 0 Å². The molecule has 1 aromatic rings. The molecule has 0 aromatic heterocycles. The van der Waals surface area contributed by atoms with Gasteiger partial charge in [0.2, 0.25) is 11.8 Å². The van der Waals surface area contributed by atoms with E-state index in [1.165, 1.54) is 0 Å². The van der Waals surface area contributed by atoms with E-state index in [0.29, 0.717) is 37.8 Å². The number of amides is 4. The molecule has 2 aliphatic heterocycles. The lowest BCUT2D eigenvalue weighted by Gasteiger charge is -2.32. The molecule has 2 heterocycles. The summed E-state index contributed by atoms with van der Waals surface area (Å²) < 4.78 is 0. The quantitative estimate of drug-likeness (QED) is 0.732. The first-order valence-electron chi connectivity index (χ1n) is 10.8. The molecule has 1 aliphatic carbocycles. The van der Waals surface area contributed by atoms with Gasteiger partial charge < -0.3 is 15.5 Å². The van der Waals surface area contributed by atoms with Gasteiger partial charge in [0.05, 0.1) is 0 Å².